The van der Waals surface area contributed by atoms with Crippen LogP contribution in [0, 0.1) is 12.8 Å². The number of nitrogens with zero attached hydrogens (tertiary/aromatic N) is 2. The van der Waals surface area contributed by atoms with Gasteiger partial charge in [0.25, 0.3) is 0 Å². The average Bonchev–Trinajstić information content (AvgIpc) is 2.61. The Morgan fingerprint density at radius 1 is 1.32 bits per heavy atom. The highest BCUT2D eigenvalue weighted by molar-refractivity contribution is 5.30. The summed E-state index contributed by atoms with van der Waals surface area (Å²) in [6, 6.07) is 0.602. The monoisotopic (exact) mass is 263 g/mol. The van der Waals surface area contributed by atoms with Crippen molar-refractivity contribution < 1.29 is 0 Å². The van der Waals surface area contributed by atoms with Gasteiger partial charge in [0.1, 0.15) is 0 Å². The largest absolute Gasteiger partial charge is 0.353 e. The van der Waals surface area contributed by atoms with Crippen LogP contribution in [0.15, 0.2) is 6.20 Å². The molecule has 0 radical (unpaired) electrons. The highest BCUT2D eigenvalue weighted by Crippen LogP contribution is 2.25. The van der Waals surface area contributed by atoms with E-state index in [1.807, 2.05) is 0 Å². The molecule has 1 aromatic rings. The van der Waals surface area contributed by atoms with Crippen LogP contribution in [0.1, 0.15) is 64.5 Å². The summed E-state index contributed by atoms with van der Waals surface area (Å²) in [6.07, 6.45) is 11.4. The van der Waals surface area contributed by atoms with Crippen molar-refractivity contribution in [2.75, 3.05) is 5.32 Å². The zero-order valence-corrected chi connectivity index (χ0v) is 12.8. The lowest BCUT2D eigenvalue weighted by Crippen LogP contribution is -2.28. The molecule has 0 bridgehead atoms. The Hall–Kier alpha value is -0.990. The van der Waals surface area contributed by atoms with Gasteiger partial charge < -0.3 is 9.88 Å². The molecule has 1 N–H and O–H groups in total. The zero-order valence-electron chi connectivity index (χ0n) is 12.8. The Balaban J connectivity index is 2.04. The van der Waals surface area contributed by atoms with Crippen LogP contribution >= 0.6 is 0 Å². The predicted molar refractivity (Wildman–Crippen MR) is 81.5 cm³/mol. The minimum Gasteiger partial charge on any atom is -0.353 e. The van der Waals surface area contributed by atoms with Crippen molar-refractivity contribution in [1.29, 1.82) is 0 Å². The van der Waals surface area contributed by atoms with E-state index in [4.69, 9.17) is 0 Å². The van der Waals surface area contributed by atoms with Gasteiger partial charge in [-0.15, -0.1) is 0 Å². The second kappa shape index (κ2) is 6.97. The van der Waals surface area contributed by atoms with Crippen molar-refractivity contribution in [2.45, 2.75) is 78.3 Å². The molecule has 2 unspecified atom stereocenters. The summed E-state index contributed by atoms with van der Waals surface area (Å²) < 4.78 is 2.30. The zero-order chi connectivity index (χ0) is 13.7. The lowest BCUT2D eigenvalue weighted by atomic mass is 9.97. The van der Waals surface area contributed by atoms with E-state index in [1.165, 1.54) is 44.9 Å². The second-order valence-corrected chi connectivity index (χ2v) is 6.12. The van der Waals surface area contributed by atoms with Gasteiger partial charge >= 0.3 is 0 Å². The van der Waals surface area contributed by atoms with Crippen LogP contribution in [0.4, 0.5) is 5.95 Å². The standard InChI is InChI=1S/C16H29N3/c1-4-5-11-19-12-14(3)17-16(19)18-15-10-8-6-7-9-13(15)2/h12-13,15H,4-11H2,1-3H3,(H,17,18). The fourth-order valence-corrected chi connectivity index (χ4v) is 3.03. The van der Waals surface area contributed by atoms with Gasteiger partial charge in [0.2, 0.25) is 5.95 Å². The number of aryl methyl sites for hydroxylation is 2. The van der Waals surface area contributed by atoms with Crippen LogP contribution in [-0.4, -0.2) is 15.6 Å². The topological polar surface area (TPSA) is 29.9 Å². The van der Waals surface area contributed by atoms with Crippen LogP contribution in [0.2, 0.25) is 0 Å². The third-order valence-electron chi connectivity index (χ3n) is 4.33. The van der Waals surface area contributed by atoms with E-state index in [0.717, 1.165) is 24.1 Å². The number of imidazole rings is 1. The van der Waals surface area contributed by atoms with Crippen molar-refractivity contribution in [1.82, 2.24) is 9.55 Å². The van der Waals surface area contributed by atoms with Gasteiger partial charge in [0.15, 0.2) is 0 Å². The number of hydrogen-bond acceptors (Lipinski definition) is 2. The summed E-state index contributed by atoms with van der Waals surface area (Å²) in [6.45, 7) is 7.80. The smallest absolute Gasteiger partial charge is 0.203 e. The first-order valence-corrected chi connectivity index (χ1v) is 8.01. The van der Waals surface area contributed by atoms with Gasteiger partial charge in [-0.05, 0) is 32.1 Å². The first kappa shape index (κ1) is 14.4. The van der Waals surface area contributed by atoms with E-state index >= 15 is 0 Å². The Kier molecular flexibility index (Phi) is 5.29. The number of nitrogens with one attached hydrogen (secondary N) is 1. The molecule has 2 rings (SSSR count). The van der Waals surface area contributed by atoms with Crippen molar-refractivity contribution >= 4 is 5.95 Å². The quantitative estimate of drug-likeness (QED) is 0.799. The SMILES string of the molecule is CCCCn1cc(C)nc1NC1CCCCCC1C. The predicted octanol–water partition coefficient (Wildman–Crippen LogP) is 4.37. The molecule has 1 saturated carbocycles. The third kappa shape index (κ3) is 3.99. The molecule has 0 amide bonds. The summed E-state index contributed by atoms with van der Waals surface area (Å²) in [7, 11) is 0. The van der Waals surface area contributed by atoms with Gasteiger partial charge in [-0.25, -0.2) is 4.98 Å². The van der Waals surface area contributed by atoms with E-state index in [9.17, 15) is 0 Å². The van der Waals surface area contributed by atoms with Gasteiger partial charge in [-0.2, -0.15) is 0 Å². The number of rotatable bonds is 5. The van der Waals surface area contributed by atoms with Gasteiger partial charge in [-0.1, -0.05) is 39.5 Å². The van der Waals surface area contributed by atoms with Crippen LogP contribution in [-0.2, 0) is 6.54 Å². The van der Waals surface area contributed by atoms with Crippen LogP contribution in [0.5, 0.6) is 0 Å². The highest BCUT2D eigenvalue weighted by Gasteiger charge is 2.21. The van der Waals surface area contributed by atoms with Crippen molar-refractivity contribution in [3.8, 4) is 0 Å². The van der Waals surface area contributed by atoms with Gasteiger partial charge in [0.05, 0.1) is 5.69 Å². The molecule has 1 aromatic heterocycles. The first-order valence-electron chi connectivity index (χ1n) is 8.01. The normalized spacial score (nSPS) is 24.2. The molecule has 0 aliphatic heterocycles. The fourth-order valence-electron chi connectivity index (χ4n) is 3.03. The molecule has 1 aliphatic rings. The summed E-state index contributed by atoms with van der Waals surface area (Å²) in [5.74, 6) is 1.85. The molecule has 2 atom stereocenters. The number of aromatic nitrogens is 2. The number of unbranched alkanes of at least 4 members (excludes halogenated alkanes) is 1. The molecule has 1 fully saturated rings. The van der Waals surface area contributed by atoms with Crippen LogP contribution in [0.3, 0.4) is 0 Å². The molecule has 3 nitrogen and oxygen atoms in total. The molecular formula is C16H29N3. The second-order valence-electron chi connectivity index (χ2n) is 6.12. The lowest BCUT2D eigenvalue weighted by molar-refractivity contribution is 0.452. The Morgan fingerprint density at radius 3 is 2.89 bits per heavy atom. The molecule has 1 aliphatic carbocycles. The molecule has 108 valence electrons. The number of anilines is 1. The maximum absolute atomic E-state index is 4.67. The average molecular weight is 263 g/mol. The third-order valence-corrected chi connectivity index (χ3v) is 4.33. The lowest BCUT2D eigenvalue weighted by Gasteiger charge is -2.23. The van der Waals surface area contributed by atoms with Crippen molar-refractivity contribution in [2.24, 2.45) is 5.92 Å². The van der Waals surface area contributed by atoms with Gasteiger partial charge in [-0.3, -0.25) is 0 Å². The summed E-state index contributed by atoms with van der Waals surface area (Å²) in [5, 5.41) is 3.72. The Morgan fingerprint density at radius 2 is 2.11 bits per heavy atom. The van der Waals surface area contributed by atoms with E-state index in [0.29, 0.717) is 6.04 Å². The van der Waals surface area contributed by atoms with Crippen LogP contribution in [0.25, 0.3) is 0 Å². The number of hydrogen-bond donors (Lipinski definition) is 1. The Labute approximate surface area is 117 Å². The van der Waals surface area contributed by atoms with E-state index in [2.05, 4.69) is 41.8 Å². The minimum atomic E-state index is 0.602. The van der Waals surface area contributed by atoms with Gasteiger partial charge in [0, 0.05) is 18.8 Å². The molecular weight excluding hydrogens is 234 g/mol. The van der Waals surface area contributed by atoms with Crippen LogP contribution < -0.4 is 5.32 Å². The Bertz CT molecular complexity index is 383. The first-order chi connectivity index (χ1) is 9.20. The summed E-state index contributed by atoms with van der Waals surface area (Å²) in [4.78, 5) is 4.67. The van der Waals surface area contributed by atoms with Crippen molar-refractivity contribution in [3.05, 3.63) is 11.9 Å². The van der Waals surface area contributed by atoms with Crippen molar-refractivity contribution in [3.63, 3.8) is 0 Å². The van der Waals surface area contributed by atoms with E-state index in [-0.39, 0.29) is 0 Å². The molecule has 19 heavy (non-hydrogen) atoms. The fraction of sp³-hybridized carbons (Fsp3) is 0.812. The van der Waals surface area contributed by atoms with E-state index in [1.54, 1.807) is 0 Å². The molecule has 0 saturated heterocycles. The summed E-state index contributed by atoms with van der Waals surface area (Å²) >= 11 is 0. The summed E-state index contributed by atoms with van der Waals surface area (Å²) in [5.41, 5.74) is 1.12. The molecule has 3 heteroatoms. The maximum Gasteiger partial charge on any atom is 0.203 e. The molecule has 0 aromatic carbocycles. The highest BCUT2D eigenvalue weighted by atomic mass is 15.2. The molecule has 1 heterocycles. The molecule has 0 spiro atoms. The maximum atomic E-state index is 4.67. The minimum absolute atomic E-state index is 0.602. The van der Waals surface area contributed by atoms with E-state index < -0.39 is 0 Å².